The maximum absolute atomic E-state index is 5.07. The Morgan fingerprint density at radius 1 is 1.67 bits per heavy atom. The molecule has 0 saturated heterocycles. The summed E-state index contributed by atoms with van der Waals surface area (Å²) in [6.07, 6.45) is 5.06. The van der Waals surface area contributed by atoms with Crippen molar-refractivity contribution in [1.29, 1.82) is 0 Å². The Balaban J connectivity index is 3.07. The Morgan fingerprint density at radius 2 is 2.33 bits per heavy atom. The molecular formula is C7H12O2. The largest absolute Gasteiger partial charge is 0.382 e. The van der Waals surface area contributed by atoms with E-state index in [-0.39, 0.29) is 6.10 Å². The van der Waals surface area contributed by atoms with Crippen LogP contribution in [0.15, 0.2) is 0 Å². The van der Waals surface area contributed by atoms with Gasteiger partial charge >= 0.3 is 0 Å². The molecule has 52 valence electrons. The van der Waals surface area contributed by atoms with Crippen molar-refractivity contribution in [3.05, 3.63) is 0 Å². The van der Waals surface area contributed by atoms with Gasteiger partial charge in [-0.1, -0.05) is 5.92 Å². The Bertz CT molecular complexity index is 93.6. The van der Waals surface area contributed by atoms with Gasteiger partial charge in [-0.2, -0.15) is 0 Å². The molecule has 0 rings (SSSR count). The minimum absolute atomic E-state index is 0.103. The van der Waals surface area contributed by atoms with Gasteiger partial charge in [0.1, 0.15) is 6.61 Å². The number of terminal acetylenes is 1. The van der Waals surface area contributed by atoms with Crippen LogP contribution in [0.5, 0.6) is 0 Å². The van der Waals surface area contributed by atoms with E-state index in [2.05, 4.69) is 5.92 Å². The van der Waals surface area contributed by atoms with Crippen molar-refractivity contribution in [2.45, 2.75) is 13.0 Å². The Kier molecular flexibility index (Phi) is 5.29. The molecule has 0 amide bonds. The van der Waals surface area contributed by atoms with Gasteiger partial charge in [-0.15, -0.1) is 6.42 Å². The highest BCUT2D eigenvalue weighted by molar-refractivity contribution is 4.83. The lowest BCUT2D eigenvalue weighted by atomic mass is 10.4. The van der Waals surface area contributed by atoms with Gasteiger partial charge in [0.05, 0.1) is 12.7 Å². The summed E-state index contributed by atoms with van der Waals surface area (Å²) in [5.41, 5.74) is 0. The molecule has 0 radical (unpaired) electrons. The molecule has 0 aromatic rings. The van der Waals surface area contributed by atoms with Crippen molar-refractivity contribution in [1.82, 2.24) is 0 Å². The highest BCUT2D eigenvalue weighted by Gasteiger charge is 1.97. The third-order valence-corrected chi connectivity index (χ3v) is 0.853. The maximum Gasteiger partial charge on any atom is 0.107 e. The minimum atomic E-state index is 0.103. The van der Waals surface area contributed by atoms with Crippen LogP contribution in [-0.4, -0.2) is 26.4 Å². The smallest absolute Gasteiger partial charge is 0.107 e. The summed E-state index contributed by atoms with van der Waals surface area (Å²) in [6, 6.07) is 0. The van der Waals surface area contributed by atoms with Crippen molar-refractivity contribution >= 4 is 0 Å². The third kappa shape index (κ3) is 5.35. The normalized spacial score (nSPS) is 12.6. The van der Waals surface area contributed by atoms with E-state index >= 15 is 0 Å². The van der Waals surface area contributed by atoms with Gasteiger partial charge in [-0.3, -0.25) is 0 Å². The van der Waals surface area contributed by atoms with Crippen molar-refractivity contribution in [3.8, 4) is 12.3 Å². The second kappa shape index (κ2) is 5.61. The van der Waals surface area contributed by atoms with Gasteiger partial charge < -0.3 is 9.47 Å². The third-order valence-electron chi connectivity index (χ3n) is 0.853. The summed E-state index contributed by atoms with van der Waals surface area (Å²) in [6.45, 7) is 2.88. The monoisotopic (exact) mass is 128 g/mol. The second-order valence-corrected chi connectivity index (χ2v) is 1.78. The van der Waals surface area contributed by atoms with Gasteiger partial charge in [-0.05, 0) is 6.92 Å². The van der Waals surface area contributed by atoms with E-state index in [4.69, 9.17) is 15.9 Å². The van der Waals surface area contributed by atoms with E-state index in [0.29, 0.717) is 13.2 Å². The van der Waals surface area contributed by atoms with E-state index in [1.807, 2.05) is 6.92 Å². The molecule has 0 aliphatic rings. The predicted molar refractivity (Wildman–Crippen MR) is 36.1 cm³/mol. The summed E-state index contributed by atoms with van der Waals surface area (Å²) in [7, 11) is 1.63. The summed E-state index contributed by atoms with van der Waals surface area (Å²) in [5.74, 6) is 2.38. The quantitative estimate of drug-likeness (QED) is 0.518. The first kappa shape index (κ1) is 8.48. The molecule has 1 unspecified atom stereocenters. The molecule has 0 saturated carbocycles. The van der Waals surface area contributed by atoms with Crippen LogP contribution in [0.1, 0.15) is 6.92 Å². The number of ether oxygens (including phenoxy) is 2. The molecular weight excluding hydrogens is 116 g/mol. The average Bonchev–Trinajstić information content (AvgIpc) is 1.85. The zero-order valence-electron chi connectivity index (χ0n) is 5.89. The van der Waals surface area contributed by atoms with E-state index in [1.165, 1.54) is 0 Å². The fraction of sp³-hybridized carbons (Fsp3) is 0.714. The first-order chi connectivity index (χ1) is 4.31. The van der Waals surface area contributed by atoms with E-state index in [1.54, 1.807) is 7.11 Å². The highest BCUT2D eigenvalue weighted by Crippen LogP contribution is 1.88. The maximum atomic E-state index is 5.07. The molecule has 0 aliphatic heterocycles. The Labute approximate surface area is 56.2 Å². The summed E-state index contributed by atoms with van der Waals surface area (Å²) >= 11 is 0. The van der Waals surface area contributed by atoms with Crippen LogP contribution in [0, 0.1) is 12.3 Å². The zero-order chi connectivity index (χ0) is 7.11. The molecule has 0 aliphatic carbocycles. The Hall–Kier alpha value is -0.520. The molecule has 0 aromatic heterocycles. The highest BCUT2D eigenvalue weighted by atomic mass is 16.5. The second-order valence-electron chi connectivity index (χ2n) is 1.78. The van der Waals surface area contributed by atoms with Gasteiger partial charge in [-0.25, -0.2) is 0 Å². The summed E-state index contributed by atoms with van der Waals surface area (Å²) < 4.78 is 9.88. The lowest BCUT2D eigenvalue weighted by Crippen LogP contribution is -2.14. The lowest BCUT2D eigenvalue weighted by molar-refractivity contribution is 0.0251. The van der Waals surface area contributed by atoms with Gasteiger partial charge in [0.25, 0.3) is 0 Å². The molecule has 0 bridgehead atoms. The van der Waals surface area contributed by atoms with Crippen LogP contribution >= 0.6 is 0 Å². The van der Waals surface area contributed by atoms with Crippen LogP contribution < -0.4 is 0 Å². The number of rotatable bonds is 4. The van der Waals surface area contributed by atoms with Crippen LogP contribution in [0.3, 0.4) is 0 Å². The predicted octanol–water partition coefficient (Wildman–Crippen LogP) is 0.671. The van der Waals surface area contributed by atoms with Crippen molar-refractivity contribution in [2.24, 2.45) is 0 Å². The molecule has 0 heterocycles. The summed E-state index contributed by atoms with van der Waals surface area (Å²) in [5, 5.41) is 0. The van der Waals surface area contributed by atoms with Gasteiger partial charge in [0.2, 0.25) is 0 Å². The lowest BCUT2D eigenvalue weighted by Gasteiger charge is -2.07. The molecule has 9 heavy (non-hydrogen) atoms. The molecule has 2 heteroatoms. The van der Waals surface area contributed by atoms with E-state index in [0.717, 1.165) is 0 Å². The van der Waals surface area contributed by atoms with E-state index in [9.17, 15) is 0 Å². The molecule has 0 N–H and O–H groups in total. The Morgan fingerprint density at radius 3 is 2.78 bits per heavy atom. The van der Waals surface area contributed by atoms with Crippen LogP contribution in [0.4, 0.5) is 0 Å². The topological polar surface area (TPSA) is 18.5 Å². The fourth-order valence-corrected chi connectivity index (χ4v) is 0.473. The zero-order valence-corrected chi connectivity index (χ0v) is 5.89. The standard InChI is InChI=1S/C7H12O2/c1-4-5-9-7(2)6-8-3/h1,7H,5-6H2,2-3H3. The molecule has 0 fully saturated rings. The molecule has 1 atom stereocenters. The summed E-state index contributed by atoms with van der Waals surface area (Å²) in [4.78, 5) is 0. The van der Waals surface area contributed by atoms with Crippen molar-refractivity contribution in [3.63, 3.8) is 0 Å². The molecule has 2 nitrogen and oxygen atoms in total. The van der Waals surface area contributed by atoms with Gasteiger partial charge in [0, 0.05) is 7.11 Å². The average molecular weight is 128 g/mol. The van der Waals surface area contributed by atoms with Crippen molar-refractivity contribution in [2.75, 3.05) is 20.3 Å². The number of hydrogen-bond acceptors (Lipinski definition) is 2. The number of hydrogen-bond donors (Lipinski definition) is 0. The minimum Gasteiger partial charge on any atom is -0.382 e. The first-order valence-electron chi connectivity index (χ1n) is 2.85. The molecule has 0 aromatic carbocycles. The SMILES string of the molecule is C#CCOC(C)COC. The van der Waals surface area contributed by atoms with Crippen molar-refractivity contribution < 1.29 is 9.47 Å². The van der Waals surface area contributed by atoms with E-state index < -0.39 is 0 Å². The number of methoxy groups -OCH3 is 1. The van der Waals surface area contributed by atoms with Crippen LogP contribution in [-0.2, 0) is 9.47 Å². The fourth-order valence-electron chi connectivity index (χ4n) is 0.473. The molecule has 0 spiro atoms. The van der Waals surface area contributed by atoms with Crippen LogP contribution in [0.25, 0.3) is 0 Å². The first-order valence-corrected chi connectivity index (χ1v) is 2.85. The van der Waals surface area contributed by atoms with Crippen LogP contribution in [0.2, 0.25) is 0 Å². The van der Waals surface area contributed by atoms with Gasteiger partial charge in [0.15, 0.2) is 0 Å².